The molecule has 6 heteroatoms. The number of halogens is 1. The lowest BCUT2D eigenvalue weighted by atomic mass is 10.0. The van der Waals surface area contributed by atoms with Crippen molar-refractivity contribution in [1.29, 1.82) is 0 Å². The Hall–Kier alpha value is -3.28. The van der Waals surface area contributed by atoms with Gasteiger partial charge >= 0.3 is 0 Å². The van der Waals surface area contributed by atoms with Gasteiger partial charge in [0.15, 0.2) is 5.82 Å². The van der Waals surface area contributed by atoms with E-state index in [9.17, 15) is 4.79 Å². The van der Waals surface area contributed by atoms with Crippen LogP contribution in [0.3, 0.4) is 0 Å². The first-order valence-electron chi connectivity index (χ1n) is 9.00. The summed E-state index contributed by atoms with van der Waals surface area (Å²) < 4.78 is 2.18. The van der Waals surface area contributed by atoms with Gasteiger partial charge in [0.2, 0.25) is 4.96 Å². The Balaban J connectivity index is 1.55. The van der Waals surface area contributed by atoms with E-state index in [1.54, 1.807) is 16.5 Å². The molecular formula is C23H14ClN3OS. The summed E-state index contributed by atoms with van der Waals surface area (Å²) in [5, 5.41) is 8.98. The van der Waals surface area contributed by atoms with Crippen molar-refractivity contribution in [3.8, 4) is 22.5 Å². The number of hydrogen-bond donors (Lipinski definition) is 0. The van der Waals surface area contributed by atoms with Gasteiger partial charge in [0.05, 0.1) is 4.53 Å². The summed E-state index contributed by atoms with van der Waals surface area (Å²) in [6, 6.07) is 25.6. The van der Waals surface area contributed by atoms with E-state index in [0.29, 0.717) is 20.3 Å². The SMILES string of the molecule is O=c1/c(=C\c2ccc(-c3ccccc3)cc2)sc2nnc(-c3ccc(Cl)cc3)n12. The topological polar surface area (TPSA) is 47.3 Å². The highest BCUT2D eigenvalue weighted by atomic mass is 35.5. The van der Waals surface area contributed by atoms with Crippen LogP contribution in [0.25, 0.3) is 33.6 Å². The third-order valence-corrected chi connectivity index (χ3v) is 5.88. The largest absolute Gasteiger partial charge is 0.276 e. The standard InChI is InChI=1S/C23H14ClN3OS/c24-19-12-10-18(11-13-19)21-25-26-23-27(21)22(28)20(29-23)14-15-6-8-17(9-7-15)16-4-2-1-3-5-16/h1-14H/b20-14+. The number of benzene rings is 3. The van der Waals surface area contributed by atoms with Crippen molar-refractivity contribution in [2.24, 2.45) is 0 Å². The van der Waals surface area contributed by atoms with Gasteiger partial charge in [-0.2, -0.15) is 0 Å². The molecule has 140 valence electrons. The second-order valence-corrected chi connectivity index (χ2v) is 8.00. The molecule has 0 saturated heterocycles. The summed E-state index contributed by atoms with van der Waals surface area (Å²) in [5.74, 6) is 0.525. The Morgan fingerprint density at radius 3 is 2.17 bits per heavy atom. The summed E-state index contributed by atoms with van der Waals surface area (Å²) in [7, 11) is 0. The summed E-state index contributed by atoms with van der Waals surface area (Å²) in [5.41, 5.74) is 3.95. The average Bonchev–Trinajstić information content (AvgIpc) is 3.30. The number of thiazole rings is 1. The van der Waals surface area contributed by atoms with Crippen LogP contribution in [-0.2, 0) is 0 Å². The second-order valence-electron chi connectivity index (χ2n) is 6.55. The molecule has 29 heavy (non-hydrogen) atoms. The van der Waals surface area contributed by atoms with E-state index in [4.69, 9.17) is 11.6 Å². The van der Waals surface area contributed by atoms with Crippen LogP contribution in [0.15, 0.2) is 83.7 Å². The first-order valence-corrected chi connectivity index (χ1v) is 10.2. The lowest BCUT2D eigenvalue weighted by molar-refractivity contribution is 1.09. The quantitative estimate of drug-likeness (QED) is 0.429. The molecule has 0 amide bonds. The zero-order valence-corrected chi connectivity index (χ0v) is 16.7. The van der Waals surface area contributed by atoms with Crippen LogP contribution in [0.1, 0.15) is 5.56 Å². The minimum atomic E-state index is -0.118. The highest BCUT2D eigenvalue weighted by Gasteiger charge is 2.14. The third kappa shape index (κ3) is 3.35. The van der Waals surface area contributed by atoms with Crippen LogP contribution in [0.4, 0.5) is 0 Å². The van der Waals surface area contributed by atoms with Gasteiger partial charge in [0.25, 0.3) is 5.56 Å². The molecule has 0 unspecified atom stereocenters. The van der Waals surface area contributed by atoms with Crippen LogP contribution in [-0.4, -0.2) is 14.6 Å². The van der Waals surface area contributed by atoms with Gasteiger partial charge < -0.3 is 0 Å². The van der Waals surface area contributed by atoms with E-state index in [1.165, 1.54) is 11.3 Å². The Bertz CT molecular complexity index is 1410. The molecule has 0 fully saturated rings. The predicted octanol–water partition coefficient (Wildman–Crippen LogP) is 4.69. The molecule has 0 N–H and O–H groups in total. The van der Waals surface area contributed by atoms with E-state index in [2.05, 4.69) is 34.5 Å². The first kappa shape index (κ1) is 17.8. The molecule has 0 bridgehead atoms. The van der Waals surface area contributed by atoms with Crippen molar-refractivity contribution < 1.29 is 0 Å². The fourth-order valence-electron chi connectivity index (χ4n) is 3.20. The average molecular weight is 416 g/mol. The van der Waals surface area contributed by atoms with E-state index in [0.717, 1.165) is 22.3 Å². The van der Waals surface area contributed by atoms with E-state index >= 15 is 0 Å². The maximum Gasteiger partial charge on any atom is 0.276 e. The highest BCUT2D eigenvalue weighted by Crippen LogP contribution is 2.21. The summed E-state index contributed by atoms with van der Waals surface area (Å²) >= 11 is 7.29. The van der Waals surface area contributed by atoms with Gasteiger partial charge in [-0.15, -0.1) is 10.2 Å². The van der Waals surface area contributed by atoms with Crippen LogP contribution in [0.2, 0.25) is 5.02 Å². The predicted molar refractivity (Wildman–Crippen MR) is 118 cm³/mol. The van der Waals surface area contributed by atoms with Gasteiger partial charge in [-0.05, 0) is 47.0 Å². The van der Waals surface area contributed by atoms with Crippen LogP contribution in [0, 0.1) is 0 Å². The molecule has 5 rings (SSSR count). The van der Waals surface area contributed by atoms with Crippen LogP contribution in [0.5, 0.6) is 0 Å². The fraction of sp³-hybridized carbons (Fsp3) is 0. The van der Waals surface area contributed by atoms with Crippen molar-refractivity contribution in [3.05, 3.63) is 104 Å². The van der Waals surface area contributed by atoms with Gasteiger partial charge in [-0.25, -0.2) is 4.40 Å². The minimum Gasteiger partial charge on any atom is -0.267 e. The molecule has 0 aliphatic rings. The molecule has 0 aliphatic carbocycles. The maximum atomic E-state index is 13.0. The van der Waals surface area contributed by atoms with Crippen LogP contribution < -0.4 is 10.1 Å². The second kappa shape index (κ2) is 7.28. The van der Waals surface area contributed by atoms with E-state index in [-0.39, 0.29) is 5.56 Å². The lowest BCUT2D eigenvalue weighted by Crippen LogP contribution is -2.23. The molecule has 2 heterocycles. The number of rotatable bonds is 3. The third-order valence-electron chi connectivity index (χ3n) is 4.67. The molecule has 5 aromatic rings. The van der Waals surface area contributed by atoms with Crippen LogP contribution >= 0.6 is 22.9 Å². The van der Waals surface area contributed by atoms with Gasteiger partial charge in [0.1, 0.15) is 0 Å². The Kier molecular flexibility index (Phi) is 4.46. The normalized spacial score (nSPS) is 12.0. The smallest absolute Gasteiger partial charge is 0.267 e. The summed E-state index contributed by atoms with van der Waals surface area (Å²) in [6.07, 6.45) is 1.89. The molecule has 0 saturated carbocycles. The zero-order chi connectivity index (χ0) is 19.8. The first-order chi connectivity index (χ1) is 14.2. The van der Waals surface area contributed by atoms with Crippen molar-refractivity contribution in [2.75, 3.05) is 0 Å². The minimum absolute atomic E-state index is 0.118. The van der Waals surface area contributed by atoms with Gasteiger partial charge in [-0.3, -0.25) is 4.79 Å². The molecule has 3 aromatic carbocycles. The number of nitrogens with zero attached hydrogens (tertiary/aromatic N) is 3. The Morgan fingerprint density at radius 2 is 1.45 bits per heavy atom. The van der Waals surface area contributed by atoms with E-state index in [1.807, 2.05) is 48.5 Å². The monoisotopic (exact) mass is 415 g/mol. The van der Waals surface area contributed by atoms with E-state index < -0.39 is 0 Å². The molecule has 0 radical (unpaired) electrons. The summed E-state index contributed by atoms with van der Waals surface area (Å²) in [4.78, 5) is 13.6. The molecule has 4 nitrogen and oxygen atoms in total. The van der Waals surface area contributed by atoms with Crippen molar-refractivity contribution >= 4 is 34.0 Å². The van der Waals surface area contributed by atoms with Crippen molar-refractivity contribution in [1.82, 2.24) is 14.6 Å². The highest BCUT2D eigenvalue weighted by molar-refractivity contribution is 7.15. The van der Waals surface area contributed by atoms with Crippen molar-refractivity contribution in [2.45, 2.75) is 0 Å². The number of hydrogen-bond acceptors (Lipinski definition) is 4. The zero-order valence-electron chi connectivity index (χ0n) is 15.1. The molecular weight excluding hydrogens is 402 g/mol. The fourth-order valence-corrected chi connectivity index (χ4v) is 4.24. The molecule has 0 atom stereocenters. The number of fused-ring (bicyclic) bond motifs is 1. The molecule has 0 aliphatic heterocycles. The van der Waals surface area contributed by atoms with Crippen molar-refractivity contribution in [3.63, 3.8) is 0 Å². The number of aromatic nitrogens is 3. The van der Waals surface area contributed by atoms with Gasteiger partial charge in [-0.1, -0.05) is 77.5 Å². The maximum absolute atomic E-state index is 13.0. The molecule has 2 aromatic heterocycles. The summed E-state index contributed by atoms with van der Waals surface area (Å²) in [6.45, 7) is 0. The Morgan fingerprint density at radius 1 is 0.793 bits per heavy atom. The van der Waals surface area contributed by atoms with Gasteiger partial charge in [0, 0.05) is 10.6 Å². The molecule has 0 spiro atoms. The Labute approximate surface area is 175 Å². The lowest BCUT2D eigenvalue weighted by Gasteiger charge is -2.01.